The lowest BCUT2D eigenvalue weighted by atomic mass is 10.00. The highest BCUT2D eigenvalue weighted by atomic mass is 35.5. The van der Waals surface area contributed by atoms with E-state index >= 15 is 0 Å². The molecular weight excluding hydrogens is 258 g/mol. The molecule has 2 unspecified atom stereocenters. The molecule has 1 aliphatic heterocycles. The molecule has 1 saturated heterocycles. The van der Waals surface area contributed by atoms with Gasteiger partial charge in [0.2, 0.25) is 0 Å². The molecule has 1 aromatic rings. The van der Waals surface area contributed by atoms with Crippen LogP contribution in [-0.2, 0) is 0 Å². The van der Waals surface area contributed by atoms with E-state index in [1.165, 1.54) is 5.56 Å². The van der Waals surface area contributed by atoms with Crippen molar-refractivity contribution in [1.29, 1.82) is 0 Å². The van der Waals surface area contributed by atoms with Crippen molar-refractivity contribution in [2.45, 2.75) is 25.4 Å². The lowest BCUT2D eigenvalue weighted by Gasteiger charge is -2.44. The third-order valence-corrected chi connectivity index (χ3v) is 4.29. The van der Waals surface area contributed by atoms with Gasteiger partial charge in [0.25, 0.3) is 0 Å². The summed E-state index contributed by atoms with van der Waals surface area (Å²) in [7, 11) is 2.19. The Morgan fingerprint density at radius 3 is 2.84 bits per heavy atom. The van der Waals surface area contributed by atoms with Crippen molar-refractivity contribution < 1.29 is 0 Å². The largest absolute Gasteiger partial charge is 0.329 e. The molecule has 0 radical (unpaired) electrons. The normalized spacial score (nSPS) is 23.5. The summed E-state index contributed by atoms with van der Waals surface area (Å²) in [6, 6.07) is 8.96. The highest BCUT2D eigenvalue weighted by Crippen LogP contribution is 2.27. The number of benzene rings is 1. The van der Waals surface area contributed by atoms with E-state index in [1.807, 2.05) is 18.2 Å². The van der Waals surface area contributed by atoms with Crippen LogP contribution < -0.4 is 5.73 Å². The van der Waals surface area contributed by atoms with Gasteiger partial charge in [-0.05, 0) is 31.2 Å². The molecule has 1 heterocycles. The number of hydrogen-bond donors (Lipinski definition) is 1. The number of likely N-dealkylation sites (N-methyl/N-ethyl adjacent to an activating group) is 1. The van der Waals surface area contributed by atoms with Crippen LogP contribution >= 0.6 is 11.6 Å². The first-order valence-corrected chi connectivity index (χ1v) is 7.43. The molecule has 1 fully saturated rings. The number of nitrogens with zero attached hydrogens (tertiary/aromatic N) is 2. The summed E-state index contributed by atoms with van der Waals surface area (Å²) in [5.41, 5.74) is 7.27. The zero-order valence-corrected chi connectivity index (χ0v) is 12.6. The zero-order valence-electron chi connectivity index (χ0n) is 11.8. The van der Waals surface area contributed by atoms with Crippen molar-refractivity contribution in [3.8, 4) is 0 Å². The second-order valence-electron chi connectivity index (χ2n) is 5.37. The van der Waals surface area contributed by atoms with E-state index in [2.05, 4.69) is 29.8 Å². The molecule has 0 aromatic heterocycles. The van der Waals surface area contributed by atoms with Crippen molar-refractivity contribution in [1.82, 2.24) is 9.80 Å². The molecule has 0 saturated carbocycles. The molecule has 0 aliphatic carbocycles. The number of rotatable bonds is 4. The maximum Gasteiger partial charge on any atom is 0.0475 e. The van der Waals surface area contributed by atoms with Gasteiger partial charge in [-0.15, -0.1) is 0 Å². The van der Waals surface area contributed by atoms with Gasteiger partial charge in [-0.25, -0.2) is 0 Å². The third-order valence-electron chi connectivity index (χ3n) is 4.06. The van der Waals surface area contributed by atoms with Crippen LogP contribution in [0.1, 0.15) is 24.9 Å². The molecule has 2 N–H and O–H groups in total. The van der Waals surface area contributed by atoms with Crippen LogP contribution in [0, 0.1) is 0 Å². The summed E-state index contributed by atoms with van der Waals surface area (Å²) in [6.45, 7) is 6.19. The minimum absolute atomic E-state index is 0.275. The monoisotopic (exact) mass is 281 g/mol. The number of nitrogens with two attached hydrogens (primary N) is 1. The first-order chi connectivity index (χ1) is 9.15. The number of halogens is 1. The van der Waals surface area contributed by atoms with Gasteiger partial charge in [0.1, 0.15) is 0 Å². The molecule has 0 amide bonds. The molecule has 1 aliphatic rings. The third kappa shape index (κ3) is 3.48. The molecule has 3 nitrogen and oxygen atoms in total. The Kier molecular flexibility index (Phi) is 5.22. The average Bonchev–Trinajstić information content (AvgIpc) is 2.41. The molecule has 1 aromatic carbocycles. The predicted octanol–water partition coefficient (Wildman–Crippen LogP) is 2.37. The van der Waals surface area contributed by atoms with Crippen LogP contribution in [0.15, 0.2) is 24.3 Å². The van der Waals surface area contributed by atoms with Gasteiger partial charge in [0.15, 0.2) is 0 Å². The highest BCUT2D eigenvalue weighted by molar-refractivity contribution is 6.30. The molecule has 19 heavy (non-hydrogen) atoms. The molecule has 2 rings (SSSR count). The first-order valence-electron chi connectivity index (χ1n) is 7.05. The van der Waals surface area contributed by atoms with Crippen molar-refractivity contribution in [2.24, 2.45) is 5.73 Å². The minimum Gasteiger partial charge on any atom is -0.329 e. The van der Waals surface area contributed by atoms with Gasteiger partial charge in [0, 0.05) is 43.3 Å². The molecule has 4 heteroatoms. The minimum atomic E-state index is 0.275. The van der Waals surface area contributed by atoms with E-state index in [4.69, 9.17) is 17.3 Å². The van der Waals surface area contributed by atoms with Crippen molar-refractivity contribution in [3.63, 3.8) is 0 Å². The Balaban J connectivity index is 2.20. The summed E-state index contributed by atoms with van der Waals surface area (Å²) in [5, 5.41) is 0.790. The first kappa shape index (κ1) is 14.8. The Bertz CT molecular complexity index is 410. The van der Waals surface area contributed by atoms with E-state index in [-0.39, 0.29) is 6.04 Å². The number of hydrogen-bond acceptors (Lipinski definition) is 3. The average molecular weight is 282 g/mol. The van der Waals surface area contributed by atoms with Gasteiger partial charge < -0.3 is 10.6 Å². The van der Waals surface area contributed by atoms with E-state index in [0.717, 1.165) is 31.1 Å². The van der Waals surface area contributed by atoms with E-state index in [9.17, 15) is 0 Å². The quantitative estimate of drug-likeness (QED) is 0.920. The number of piperazine rings is 1. The van der Waals surface area contributed by atoms with Crippen LogP contribution in [-0.4, -0.2) is 49.1 Å². The van der Waals surface area contributed by atoms with Gasteiger partial charge >= 0.3 is 0 Å². The Labute approximate surface area is 121 Å². The van der Waals surface area contributed by atoms with E-state index in [0.29, 0.717) is 12.6 Å². The van der Waals surface area contributed by atoms with Gasteiger partial charge in [0.05, 0.1) is 0 Å². The Hall–Kier alpha value is -0.610. The van der Waals surface area contributed by atoms with Crippen molar-refractivity contribution in [3.05, 3.63) is 34.9 Å². The summed E-state index contributed by atoms with van der Waals surface area (Å²) < 4.78 is 0. The second kappa shape index (κ2) is 6.71. The van der Waals surface area contributed by atoms with E-state index < -0.39 is 0 Å². The van der Waals surface area contributed by atoms with Gasteiger partial charge in [-0.1, -0.05) is 30.7 Å². The lowest BCUT2D eigenvalue weighted by Crippen LogP contribution is -2.53. The summed E-state index contributed by atoms with van der Waals surface area (Å²) in [6.07, 6.45) is 1.15. The fraction of sp³-hybridized carbons (Fsp3) is 0.600. The topological polar surface area (TPSA) is 32.5 Å². The van der Waals surface area contributed by atoms with Crippen molar-refractivity contribution >= 4 is 11.6 Å². The van der Waals surface area contributed by atoms with E-state index in [1.54, 1.807) is 0 Å². The maximum absolute atomic E-state index is 6.11. The fourth-order valence-corrected chi connectivity index (χ4v) is 3.17. The van der Waals surface area contributed by atoms with Crippen LogP contribution in [0.25, 0.3) is 0 Å². The molecule has 0 spiro atoms. The Morgan fingerprint density at radius 1 is 1.42 bits per heavy atom. The standard InChI is InChI=1S/C15H24ClN3/c1-3-14-11-18(2)7-8-19(14)15(10-17)12-5-4-6-13(16)9-12/h4-6,9,14-15H,3,7-8,10-11,17H2,1-2H3. The summed E-state index contributed by atoms with van der Waals surface area (Å²) in [4.78, 5) is 4.95. The van der Waals surface area contributed by atoms with Crippen LogP contribution in [0.2, 0.25) is 5.02 Å². The second-order valence-corrected chi connectivity index (χ2v) is 5.81. The lowest BCUT2D eigenvalue weighted by molar-refractivity contribution is 0.0521. The molecule has 2 atom stereocenters. The Morgan fingerprint density at radius 2 is 2.21 bits per heavy atom. The van der Waals surface area contributed by atoms with Gasteiger partial charge in [-0.2, -0.15) is 0 Å². The predicted molar refractivity (Wildman–Crippen MR) is 81.5 cm³/mol. The fourth-order valence-electron chi connectivity index (χ4n) is 2.98. The van der Waals surface area contributed by atoms with Crippen LogP contribution in [0.4, 0.5) is 0 Å². The zero-order chi connectivity index (χ0) is 13.8. The van der Waals surface area contributed by atoms with Gasteiger partial charge in [-0.3, -0.25) is 4.90 Å². The van der Waals surface area contributed by atoms with Crippen LogP contribution in [0.5, 0.6) is 0 Å². The smallest absolute Gasteiger partial charge is 0.0475 e. The molecular formula is C15H24ClN3. The van der Waals surface area contributed by atoms with Crippen LogP contribution in [0.3, 0.4) is 0 Å². The summed E-state index contributed by atoms with van der Waals surface area (Å²) in [5.74, 6) is 0. The highest BCUT2D eigenvalue weighted by Gasteiger charge is 2.29. The maximum atomic E-state index is 6.11. The summed E-state index contributed by atoms with van der Waals surface area (Å²) >= 11 is 6.11. The SMILES string of the molecule is CCC1CN(C)CCN1C(CN)c1cccc(Cl)c1. The van der Waals surface area contributed by atoms with Crippen molar-refractivity contribution in [2.75, 3.05) is 33.2 Å². The molecule has 106 valence electrons. The molecule has 0 bridgehead atoms.